The van der Waals surface area contributed by atoms with E-state index in [9.17, 15) is 14.4 Å². The van der Waals surface area contributed by atoms with E-state index in [1.807, 2.05) is 6.92 Å². The first-order valence-electron chi connectivity index (χ1n) is 5.81. The van der Waals surface area contributed by atoms with Crippen LogP contribution < -0.4 is 5.32 Å². The molecule has 0 fully saturated rings. The maximum atomic E-state index is 11.7. The Morgan fingerprint density at radius 1 is 1.16 bits per heavy atom. The predicted molar refractivity (Wildman–Crippen MR) is 69.0 cm³/mol. The fourth-order valence-corrected chi connectivity index (χ4v) is 1.33. The minimum atomic E-state index is -1.05. The van der Waals surface area contributed by atoms with Gasteiger partial charge in [-0.2, -0.15) is 0 Å². The van der Waals surface area contributed by atoms with Crippen LogP contribution in [-0.4, -0.2) is 47.9 Å². The van der Waals surface area contributed by atoms with Crippen molar-refractivity contribution in [3.8, 4) is 0 Å². The standard InChI is InChI=1S/C13H16N2O4/c1-3-15(2)11(16)8-14-12(17)9-4-6-10(7-5-9)13(18)19/h4-7H,3,8H2,1-2H3,(H,14,17)(H,18,19). The topological polar surface area (TPSA) is 86.7 Å². The number of benzene rings is 1. The molecule has 0 aliphatic carbocycles. The number of nitrogens with zero attached hydrogens (tertiary/aromatic N) is 1. The second kappa shape index (κ2) is 6.53. The molecule has 19 heavy (non-hydrogen) atoms. The summed E-state index contributed by atoms with van der Waals surface area (Å²) in [4.78, 5) is 35.3. The fourth-order valence-electron chi connectivity index (χ4n) is 1.33. The molecule has 2 amide bonds. The van der Waals surface area contributed by atoms with Crippen molar-refractivity contribution in [3.63, 3.8) is 0 Å². The van der Waals surface area contributed by atoms with Crippen LogP contribution in [0.3, 0.4) is 0 Å². The highest BCUT2D eigenvalue weighted by Gasteiger charge is 2.11. The van der Waals surface area contributed by atoms with Gasteiger partial charge in [-0.05, 0) is 31.2 Å². The van der Waals surface area contributed by atoms with Gasteiger partial charge >= 0.3 is 5.97 Å². The number of carboxylic acids is 1. The summed E-state index contributed by atoms with van der Waals surface area (Å²) in [6.07, 6.45) is 0. The summed E-state index contributed by atoms with van der Waals surface area (Å²) in [5.41, 5.74) is 0.426. The number of carbonyl (C=O) groups excluding carboxylic acids is 2. The molecule has 0 bridgehead atoms. The number of likely N-dealkylation sites (N-methyl/N-ethyl adjacent to an activating group) is 1. The molecular formula is C13H16N2O4. The molecule has 1 rings (SSSR count). The zero-order valence-corrected chi connectivity index (χ0v) is 10.8. The van der Waals surface area contributed by atoms with Crippen LogP contribution in [0.2, 0.25) is 0 Å². The molecule has 0 spiro atoms. The minimum absolute atomic E-state index is 0.0795. The van der Waals surface area contributed by atoms with Gasteiger partial charge in [-0.15, -0.1) is 0 Å². The van der Waals surface area contributed by atoms with Gasteiger partial charge in [-0.1, -0.05) is 0 Å². The van der Waals surface area contributed by atoms with Crippen LogP contribution in [0, 0.1) is 0 Å². The number of carboxylic acid groups (broad SMARTS) is 1. The number of hydrogen-bond acceptors (Lipinski definition) is 3. The van der Waals surface area contributed by atoms with Crippen LogP contribution in [0.25, 0.3) is 0 Å². The lowest BCUT2D eigenvalue weighted by atomic mass is 10.1. The molecule has 1 aromatic rings. The first-order valence-corrected chi connectivity index (χ1v) is 5.81. The van der Waals surface area contributed by atoms with Crippen LogP contribution in [0.15, 0.2) is 24.3 Å². The molecule has 0 radical (unpaired) electrons. The van der Waals surface area contributed by atoms with Gasteiger partial charge < -0.3 is 15.3 Å². The quantitative estimate of drug-likeness (QED) is 0.815. The molecule has 0 aromatic heterocycles. The molecular weight excluding hydrogens is 248 g/mol. The van der Waals surface area contributed by atoms with Crippen molar-refractivity contribution in [1.82, 2.24) is 10.2 Å². The lowest BCUT2D eigenvalue weighted by molar-refractivity contribution is -0.128. The highest BCUT2D eigenvalue weighted by atomic mass is 16.4. The van der Waals surface area contributed by atoms with Gasteiger partial charge in [0, 0.05) is 19.2 Å². The summed E-state index contributed by atoms with van der Waals surface area (Å²) in [6, 6.07) is 5.51. The smallest absolute Gasteiger partial charge is 0.335 e. The van der Waals surface area contributed by atoms with E-state index < -0.39 is 11.9 Å². The average molecular weight is 264 g/mol. The predicted octanol–water partition coefficient (Wildman–Crippen LogP) is 0.593. The lowest BCUT2D eigenvalue weighted by Gasteiger charge is -2.14. The molecule has 0 aliphatic heterocycles. The van der Waals surface area contributed by atoms with E-state index in [-0.39, 0.29) is 18.0 Å². The van der Waals surface area contributed by atoms with E-state index in [1.165, 1.54) is 29.2 Å². The summed E-state index contributed by atoms with van der Waals surface area (Å²) >= 11 is 0. The molecule has 2 N–H and O–H groups in total. The number of nitrogens with one attached hydrogen (secondary N) is 1. The number of amides is 2. The van der Waals surface area contributed by atoms with E-state index in [4.69, 9.17) is 5.11 Å². The molecule has 0 atom stereocenters. The van der Waals surface area contributed by atoms with Crippen LogP contribution >= 0.6 is 0 Å². The Hall–Kier alpha value is -2.37. The molecule has 6 nitrogen and oxygen atoms in total. The Morgan fingerprint density at radius 2 is 1.68 bits per heavy atom. The van der Waals surface area contributed by atoms with E-state index in [0.29, 0.717) is 12.1 Å². The normalized spacial score (nSPS) is 9.79. The van der Waals surface area contributed by atoms with Gasteiger partial charge in [0.2, 0.25) is 5.91 Å². The Labute approximate surface area is 111 Å². The van der Waals surface area contributed by atoms with Gasteiger partial charge in [-0.3, -0.25) is 9.59 Å². The van der Waals surface area contributed by atoms with Gasteiger partial charge in [0.1, 0.15) is 0 Å². The number of aromatic carboxylic acids is 1. The van der Waals surface area contributed by atoms with Crippen LogP contribution in [0.4, 0.5) is 0 Å². The summed E-state index contributed by atoms with van der Waals surface area (Å²) < 4.78 is 0. The highest BCUT2D eigenvalue weighted by molar-refractivity contribution is 5.97. The average Bonchev–Trinajstić information content (AvgIpc) is 2.43. The Bertz CT molecular complexity index is 482. The van der Waals surface area contributed by atoms with Gasteiger partial charge in [-0.25, -0.2) is 4.79 Å². The molecule has 0 saturated heterocycles. The molecule has 0 saturated carbocycles. The molecule has 0 heterocycles. The number of rotatable bonds is 5. The van der Waals surface area contributed by atoms with E-state index in [0.717, 1.165) is 0 Å². The Kier molecular flexibility index (Phi) is 5.05. The lowest BCUT2D eigenvalue weighted by Crippen LogP contribution is -2.37. The second-order valence-electron chi connectivity index (χ2n) is 3.97. The third kappa shape index (κ3) is 4.09. The van der Waals surface area contributed by atoms with Crippen molar-refractivity contribution < 1.29 is 19.5 Å². The summed E-state index contributed by atoms with van der Waals surface area (Å²) in [5, 5.41) is 11.2. The van der Waals surface area contributed by atoms with Crippen LogP contribution in [-0.2, 0) is 4.79 Å². The molecule has 1 aromatic carbocycles. The Morgan fingerprint density at radius 3 is 2.16 bits per heavy atom. The molecule has 102 valence electrons. The third-order valence-electron chi connectivity index (χ3n) is 2.69. The first kappa shape index (κ1) is 14.7. The number of hydrogen-bond donors (Lipinski definition) is 2. The third-order valence-corrected chi connectivity index (χ3v) is 2.69. The maximum Gasteiger partial charge on any atom is 0.335 e. The zero-order valence-electron chi connectivity index (χ0n) is 10.8. The maximum absolute atomic E-state index is 11.7. The zero-order chi connectivity index (χ0) is 14.4. The monoisotopic (exact) mass is 264 g/mol. The number of carbonyl (C=O) groups is 3. The van der Waals surface area contributed by atoms with Crippen molar-refractivity contribution in [3.05, 3.63) is 35.4 Å². The van der Waals surface area contributed by atoms with Crippen molar-refractivity contribution >= 4 is 17.8 Å². The molecule has 6 heteroatoms. The van der Waals surface area contributed by atoms with Crippen molar-refractivity contribution in [2.24, 2.45) is 0 Å². The summed E-state index contributed by atoms with van der Waals surface area (Å²) in [5.74, 6) is -1.64. The van der Waals surface area contributed by atoms with Crippen molar-refractivity contribution in [2.45, 2.75) is 6.92 Å². The van der Waals surface area contributed by atoms with E-state index in [2.05, 4.69) is 5.32 Å². The van der Waals surface area contributed by atoms with Crippen molar-refractivity contribution in [2.75, 3.05) is 20.1 Å². The minimum Gasteiger partial charge on any atom is -0.478 e. The van der Waals surface area contributed by atoms with Gasteiger partial charge in [0.25, 0.3) is 5.91 Å². The second-order valence-corrected chi connectivity index (χ2v) is 3.97. The van der Waals surface area contributed by atoms with Crippen LogP contribution in [0.1, 0.15) is 27.6 Å². The van der Waals surface area contributed by atoms with Crippen LogP contribution in [0.5, 0.6) is 0 Å². The van der Waals surface area contributed by atoms with Gasteiger partial charge in [0.05, 0.1) is 12.1 Å². The summed E-state index contributed by atoms with van der Waals surface area (Å²) in [7, 11) is 1.65. The largest absolute Gasteiger partial charge is 0.478 e. The van der Waals surface area contributed by atoms with Crippen molar-refractivity contribution in [1.29, 1.82) is 0 Å². The molecule has 0 unspecified atom stereocenters. The van der Waals surface area contributed by atoms with Gasteiger partial charge in [0.15, 0.2) is 0 Å². The fraction of sp³-hybridized carbons (Fsp3) is 0.308. The Balaban J connectivity index is 2.59. The van der Waals surface area contributed by atoms with E-state index >= 15 is 0 Å². The highest BCUT2D eigenvalue weighted by Crippen LogP contribution is 2.04. The summed E-state index contributed by atoms with van der Waals surface area (Å²) in [6.45, 7) is 2.33. The SMILES string of the molecule is CCN(C)C(=O)CNC(=O)c1ccc(C(=O)O)cc1. The first-order chi connectivity index (χ1) is 8.95. The molecule has 0 aliphatic rings. The van der Waals surface area contributed by atoms with E-state index in [1.54, 1.807) is 7.05 Å².